The predicted octanol–water partition coefficient (Wildman–Crippen LogP) is -0.998. The molecule has 0 saturated carbocycles. The molecular weight excluding hydrogens is 172 g/mol. The second-order valence-corrected chi connectivity index (χ2v) is 2.13. The van der Waals surface area contributed by atoms with Gasteiger partial charge in [-0.3, -0.25) is 4.79 Å². The van der Waals surface area contributed by atoms with E-state index in [0.29, 0.717) is 11.8 Å². The molecule has 0 aromatic rings. The summed E-state index contributed by atoms with van der Waals surface area (Å²) in [6, 6.07) is -1.03. The number of nitrogens with one attached hydrogen (secondary N) is 1. The van der Waals surface area contributed by atoms with Gasteiger partial charge in [0.05, 0.1) is 0 Å². The lowest BCUT2D eigenvalue weighted by Crippen LogP contribution is -2.33. The molecule has 0 atom stereocenters. The second kappa shape index (κ2) is 4.56. The third kappa shape index (κ3) is 4.20. The standard InChI is InChI=1S/C4H6N2O4S/c1-11-3(8)2(7)10-6-4(5)9/h1H3,(H3,5,6,9). The zero-order valence-electron chi connectivity index (χ0n) is 5.62. The van der Waals surface area contributed by atoms with Crippen LogP contribution in [-0.4, -0.2) is 23.4 Å². The molecule has 0 saturated heterocycles. The Morgan fingerprint density at radius 2 is 2.00 bits per heavy atom. The molecule has 6 nitrogen and oxygen atoms in total. The number of hydrogen-bond acceptors (Lipinski definition) is 5. The fourth-order valence-electron chi connectivity index (χ4n) is 0.222. The molecule has 0 heterocycles. The van der Waals surface area contributed by atoms with Crippen molar-refractivity contribution in [2.75, 3.05) is 6.26 Å². The molecule has 0 aromatic carbocycles. The minimum atomic E-state index is -1.16. The number of primary amides is 1. The van der Waals surface area contributed by atoms with Crippen molar-refractivity contribution in [3.05, 3.63) is 0 Å². The molecule has 0 spiro atoms. The lowest BCUT2D eigenvalue weighted by Gasteiger charge is -1.98. The second-order valence-electron chi connectivity index (χ2n) is 1.35. The molecule has 0 aliphatic rings. The summed E-state index contributed by atoms with van der Waals surface area (Å²) in [6.07, 6.45) is 1.41. The fraction of sp³-hybridized carbons (Fsp3) is 0.250. The summed E-state index contributed by atoms with van der Waals surface area (Å²) in [4.78, 5) is 34.7. The van der Waals surface area contributed by atoms with Crippen LogP contribution < -0.4 is 11.2 Å². The first-order chi connectivity index (χ1) is 5.07. The molecule has 0 unspecified atom stereocenters. The molecule has 0 bridgehead atoms. The van der Waals surface area contributed by atoms with Crippen molar-refractivity contribution in [3.63, 3.8) is 0 Å². The smallest absolute Gasteiger partial charge is 0.349 e. The van der Waals surface area contributed by atoms with E-state index in [2.05, 4.69) is 10.6 Å². The van der Waals surface area contributed by atoms with E-state index in [-0.39, 0.29) is 0 Å². The Morgan fingerprint density at radius 1 is 1.45 bits per heavy atom. The third-order valence-electron chi connectivity index (χ3n) is 0.596. The quantitative estimate of drug-likeness (QED) is 0.366. The van der Waals surface area contributed by atoms with Crippen LogP contribution in [0.3, 0.4) is 0 Å². The van der Waals surface area contributed by atoms with E-state index < -0.39 is 17.1 Å². The van der Waals surface area contributed by atoms with Crippen LogP contribution >= 0.6 is 11.8 Å². The number of carbonyl (C=O) groups is 3. The van der Waals surface area contributed by atoms with Crippen LogP contribution in [0, 0.1) is 0 Å². The van der Waals surface area contributed by atoms with Gasteiger partial charge in [0.15, 0.2) is 0 Å². The van der Waals surface area contributed by atoms with Crippen LogP contribution in [0.4, 0.5) is 4.79 Å². The van der Waals surface area contributed by atoms with Gasteiger partial charge >= 0.3 is 12.0 Å². The molecule has 0 fully saturated rings. The maximum Gasteiger partial charge on any atom is 0.410 e. The zero-order valence-corrected chi connectivity index (χ0v) is 6.44. The molecule has 2 amide bonds. The van der Waals surface area contributed by atoms with E-state index in [9.17, 15) is 14.4 Å². The number of hydrogen-bond donors (Lipinski definition) is 2. The van der Waals surface area contributed by atoms with Crippen LogP contribution in [0.25, 0.3) is 0 Å². The fourth-order valence-corrected chi connectivity index (χ4v) is 0.430. The van der Waals surface area contributed by atoms with Crippen molar-refractivity contribution in [1.82, 2.24) is 5.48 Å². The van der Waals surface area contributed by atoms with E-state index in [1.165, 1.54) is 11.7 Å². The number of amides is 2. The minimum absolute atomic E-state index is 0.679. The lowest BCUT2D eigenvalue weighted by molar-refractivity contribution is -0.153. The van der Waals surface area contributed by atoms with Crippen molar-refractivity contribution < 1.29 is 19.2 Å². The highest BCUT2D eigenvalue weighted by Gasteiger charge is 2.14. The first-order valence-electron chi connectivity index (χ1n) is 2.42. The Bertz CT molecular complexity index is 193. The summed E-state index contributed by atoms with van der Waals surface area (Å²) < 4.78 is 0. The van der Waals surface area contributed by atoms with Crippen molar-refractivity contribution in [2.45, 2.75) is 0 Å². The average Bonchev–Trinajstić information content (AvgIpc) is 1.98. The first-order valence-corrected chi connectivity index (χ1v) is 3.65. The Morgan fingerprint density at radius 3 is 2.36 bits per heavy atom. The predicted molar refractivity (Wildman–Crippen MR) is 37.3 cm³/mol. The van der Waals surface area contributed by atoms with Gasteiger partial charge in [-0.2, -0.15) is 5.48 Å². The number of carbonyl (C=O) groups excluding carboxylic acids is 3. The lowest BCUT2D eigenvalue weighted by atomic mass is 10.8. The summed E-state index contributed by atoms with van der Waals surface area (Å²) in [7, 11) is 0. The Hall–Kier alpha value is -1.24. The van der Waals surface area contributed by atoms with Gasteiger partial charge in [0, 0.05) is 0 Å². The maximum absolute atomic E-state index is 10.4. The van der Waals surface area contributed by atoms with Gasteiger partial charge in [0.2, 0.25) is 0 Å². The summed E-state index contributed by atoms with van der Waals surface area (Å²) in [5.41, 5.74) is 6.05. The van der Waals surface area contributed by atoms with Crippen molar-refractivity contribution in [2.24, 2.45) is 5.73 Å². The maximum atomic E-state index is 10.4. The zero-order chi connectivity index (χ0) is 8.85. The van der Waals surface area contributed by atoms with Crippen molar-refractivity contribution in [3.8, 4) is 0 Å². The summed E-state index contributed by atoms with van der Waals surface area (Å²) in [6.45, 7) is 0. The molecule has 0 radical (unpaired) electrons. The molecule has 0 aromatic heterocycles. The van der Waals surface area contributed by atoms with E-state index >= 15 is 0 Å². The number of nitrogens with two attached hydrogens (primary N) is 1. The molecule has 0 rings (SSSR count). The molecule has 7 heteroatoms. The monoisotopic (exact) mass is 178 g/mol. The van der Waals surface area contributed by atoms with E-state index in [0.717, 1.165) is 0 Å². The summed E-state index contributed by atoms with van der Waals surface area (Å²) in [5, 5.41) is -0.807. The summed E-state index contributed by atoms with van der Waals surface area (Å²) >= 11 is 0.679. The van der Waals surface area contributed by atoms with Gasteiger partial charge in [-0.1, -0.05) is 11.8 Å². The molecular formula is C4H6N2O4S. The highest BCUT2D eigenvalue weighted by molar-refractivity contribution is 8.14. The van der Waals surface area contributed by atoms with Crippen molar-refractivity contribution >= 4 is 28.9 Å². The van der Waals surface area contributed by atoms with Crippen LogP contribution in [0.2, 0.25) is 0 Å². The largest absolute Gasteiger partial charge is 0.410 e. The molecule has 11 heavy (non-hydrogen) atoms. The number of rotatable bonds is 0. The van der Waals surface area contributed by atoms with Gasteiger partial charge in [-0.05, 0) is 6.26 Å². The number of thioether (sulfide) groups is 1. The molecule has 3 N–H and O–H groups in total. The van der Waals surface area contributed by atoms with Crippen molar-refractivity contribution in [1.29, 1.82) is 0 Å². The van der Waals surface area contributed by atoms with E-state index in [1.54, 1.807) is 0 Å². The van der Waals surface area contributed by atoms with Gasteiger partial charge in [-0.15, -0.1) is 0 Å². The first kappa shape index (κ1) is 9.76. The van der Waals surface area contributed by atoms with Gasteiger partial charge < -0.3 is 10.6 Å². The SMILES string of the molecule is CSC(=O)C(=O)ONC(N)=O. The van der Waals surface area contributed by atoms with Crippen LogP contribution in [0.15, 0.2) is 0 Å². The van der Waals surface area contributed by atoms with E-state index in [1.807, 2.05) is 0 Å². The average molecular weight is 178 g/mol. The normalized spacial score (nSPS) is 8.45. The summed E-state index contributed by atoms with van der Waals surface area (Å²) in [5.74, 6) is -1.16. The minimum Gasteiger partial charge on any atom is -0.349 e. The molecule has 0 aliphatic carbocycles. The van der Waals surface area contributed by atoms with Gasteiger partial charge in [0.25, 0.3) is 5.12 Å². The van der Waals surface area contributed by atoms with Crippen LogP contribution in [0.5, 0.6) is 0 Å². The van der Waals surface area contributed by atoms with Gasteiger partial charge in [0.1, 0.15) is 0 Å². The van der Waals surface area contributed by atoms with Crippen LogP contribution in [-0.2, 0) is 14.4 Å². The number of hydroxylamine groups is 1. The van der Waals surface area contributed by atoms with E-state index in [4.69, 9.17) is 0 Å². The number of urea groups is 1. The Balaban J connectivity index is 3.70. The highest BCUT2D eigenvalue weighted by atomic mass is 32.2. The highest BCUT2D eigenvalue weighted by Crippen LogP contribution is 1.94. The van der Waals surface area contributed by atoms with Gasteiger partial charge in [-0.25, -0.2) is 9.59 Å². The molecule has 0 aliphatic heterocycles. The topological polar surface area (TPSA) is 98.5 Å². The van der Waals surface area contributed by atoms with Crippen LogP contribution in [0.1, 0.15) is 0 Å². The Labute approximate surface area is 66.4 Å². The molecule has 62 valence electrons. The third-order valence-corrected chi connectivity index (χ3v) is 1.13. The Kier molecular flexibility index (Phi) is 4.04.